The second-order valence-electron chi connectivity index (χ2n) is 11.9. The predicted octanol–water partition coefficient (Wildman–Crippen LogP) is 2.32. The van der Waals surface area contributed by atoms with Crippen molar-refractivity contribution in [1.82, 2.24) is 10.6 Å². The van der Waals surface area contributed by atoms with Gasteiger partial charge in [-0.3, -0.25) is 14.4 Å². The Morgan fingerprint density at radius 1 is 1.06 bits per heavy atom. The highest BCUT2D eigenvalue weighted by molar-refractivity contribution is 6.45. The number of ether oxygens (including phenoxy) is 1. The number of nitrogens with two attached hydrogens (primary N) is 1. The van der Waals surface area contributed by atoms with Crippen LogP contribution in [0.5, 0.6) is 0 Å². The Morgan fingerprint density at radius 3 is 2.00 bits per heavy atom. The topological polar surface area (TPSA) is 129 Å². The summed E-state index contributed by atoms with van der Waals surface area (Å²) in [5, 5.41) is 5.90. The van der Waals surface area contributed by atoms with Gasteiger partial charge in [0.25, 0.3) is 0 Å². The van der Waals surface area contributed by atoms with Crippen LogP contribution in [-0.2, 0) is 28.4 Å². The monoisotopic (exact) mass is 481 g/mol. The minimum absolute atomic E-state index is 0.0664. The summed E-state index contributed by atoms with van der Waals surface area (Å²) in [7, 11) is -0.404. The third-order valence-electron chi connectivity index (χ3n) is 7.09. The van der Waals surface area contributed by atoms with Crippen LogP contribution < -0.4 is 16.4 Å². The molecular formula is C24H44BN3O6. The van der Waals surface area contributed by atoms with Gasteiger partial charge in [-0.05, 0) is 80.0 Å². The van der Waals surface area contributed by atoms with Crippen LogP contribution in [0.15, 0.2) is 0 Å². The second-order valence-corrected chi connectivity index (χ2v) is 11.9. The molecule has 0 aromatic rings. The van der Waals surface area contributed by atoms with Crippen LogP contribution in [0.25, 0.3) is 0 Å². The molecule has 194 valence electrons. The van der Waals surface area contributed by atoms with Crippen molar-refractivity contribution in [2.45, 2.75) is 129 Å². The molecular weight excluding hydrogens is 437 g/mol. The van der Waals surface area contributed by atoms with Gasteiger partial charge in [0.05, 0.1) is 11.2 Å². The van der Waals surface area contributed by atoms with Crippen molar-refractivity contribution >= 4 is 24.9 Å². The zero-order chi connectivity index (χ0) is 26.1. The van der Waals surface area contributed by atoms with Crippen molar-refractivity contribution in [2.75, 3.05) is 0 Å². The molecule has 0 radical (unpaired) electrons. The van der Waals surface area contributed by atoms with Crippen LogP contribution in [0.2, 0.25) is 6.32 Å². The van der Waals surface area contributed by atoms with Gasteiger partial charge in [0.15, 0.2) is 5.54 Å². The maximum atomic E-state index is 13.8. The van der Waals surface area contributed by atoms with Crippen LogP contribution >= 0.6 is 0 Å². The molecule has 0 bridgehead atoms. The Kier molecular flexibility index (Phi) is 8.53. The molecule has 1 saturated heterocycles. The van der Waals surface area contributed by atoms with Crippen molar-refractivity contribution in [1.29, 1.82) is 0 Å². The van der Waals surface area contributed by atoms with Crippen molar-refractivity contribution in [3.63, 3.8) is 0 Å². The van der Waals surface area contributed by atoms with E-state index < -0.39 is 41.5 Å². The molecule has 2 atom stereocenters. The number of carbonyl (C=O) groups is 3. The first kappa shape index (κ1) is 28.6. The van der Waals surface area contributed by atoms with Crippen molar-refractivity contribution in [3.8, 4) is 0 Å². The summed E-state index contributed by atoms with van der Waals surface area (Å²) in [6.45, 7) is 16.3. The van der Waals surface area contributed by atoms with E-state index in [4.69, 9.17) is 19.8 Å². The van der Waals surface area contributed by atoms with Crippen molar-refractivity contribution < 1.29 is 28.4 Å². The van der Waals surface area contributed by atoms with E-state index in [0.29, 0.717) is 32.0 Å². The first-order valence-corrected chi connectivity index (χ1v) is 12.3. The minimum atomic E-state index is -1.42. The number of hydrogen-bond acceptors (Lipinski definition) is 7. The van der Waals surface area contributed by atoms with E-state index in [-0.39, 0.29) is 23.8 Å². The zero-order valence-corrected chi connectivity index (χ0v) is 22.4. The van der Waals surface area contributed by atoms with E-state index in [1.165, 1.54) is 13.8 Å². The molecule has 2 fully saturated rings. The zero-order valence-electron chi connectivity index (χ0n) is 22.4. The summed E-state index contributed by atoms with van der Waals surface area (Å²) in [6.07, 6.45) is 1.72. The molecule has 2 aliphatic rings. The fourth-order valence-corrected chi connectivity index (χ4v) is 4.74. The Labute approximate surface area is 204 Å². The lowest BCUT2D eigenvalue weighted by atomic mass is 9.64. The average Bonchev–Trinajstić information content (AvgIpc) is 2.81. The van der Waals surface area contributed by atoms with Crippen LogP contribution in [0, 0.1) is 5.92 Å². The van der Waals surface area contributed by atoms with Crippen LogP contribution in [0.4, 0.5) is 0 Å². The van der Waals surface area contributed by atoms with Crippen molar-refractivity contribution in [3.05, 3.63) is 0 Å². The molecule has 0 spiro atoms. The Morgan fingerprint density at radius 2 is 1.59 bits per heavy atom. The van der Waals surface area contributed by atoms with Crippen molar-refractivity contribution in [2.24, 2.45) is 11.7 Å². The Bertz CT molecular complexity index is 759. The summed E-state index contributed by atoms with van der Waals surface area (Å²) >= 11 is 0. The lowest BCUT2D eigenvalue weighted by Crippen LogP contribution is -2.73. The van der Waals surface area contributed by atoms with Crippen LogP contribution in [-0.4, -0.2) is 59.3 Å². The van der Waals surface area contributed by atoms with Gasteiger partial charge >= 0.3 is 13.1 Å². The van der Waals surface area contributed by atoms with Gasteiger partial charge in [-0.2, -0.15) is 0 Å². The van der Waals surface area contributed by atoms with Gasteiger partial charge in [0, 0.05) is 25.4 Å². The predicted molar refractivity (Wildman–Crippen MR) is 131 cm³/mol. The van der Waals surface area contributed by atoms with Gasteiger partial charge in [0.1, 0.15) is 6.10 Å². The lowest BCUT2D eigenvalue weighted by Gasteiger charge is -2.50. The Hall–Kier alpha value is -1.65. The summed E-state index contributed by atoms with van der Waals surface area (Å²) in [6, 6.07) is -0.0664. The van der Waals surface area contributed by atoms with Gasteiger partial charge < -0.3 is 30.4 Å². The van der Waals surface area contributed by atoms with E-state index in [0.717, 1.165) is 0 Å². The molecule has 2 unspecified atom stereocenters. The number of nitrogens with one attached hydrogen (secondary N) is 2. The van der Waals surface area contributed by atoms with Crippen LogP contribution in [0.3, 0.4) is 0 Å². The fourth-order valence-electron chi connectivity index (χ4n) is 4.74. The first-order chi connectivity index (χ1) is 15.4. The second kappa shape index (κ2) is 10.1. The number of esters is 1. The molecule has 4 N–H and O–H groups in total. The largest absolute Gasteiger partial charge is 0.459 e. The third-order valence-corrected chi connectivity index (χ3v) is 7.09. The SMILES string of the molecule is CC(=O)NC(C(=O)NC(C)(C)C)(C1CC(N)C1)C(CCCB1OC(C)(C)C(C)(C)O1)OC(C)=O. The maximum absolute atomic E-state index is 13.8. The summed E-state index contributed by atoms with van der Waals surface area (Å²) < 4.78 is 17.9. The molecule has 0 aromatic carbocycles. The molecule has 10 heteroatoms. The fraction of sp³-hybridized carbons (Fsp3) is 0.875. The van der Waals surface area contributed by atoms with E-state index in [1.807, 2.05) is 48.5 Å². The minimum Gasteiger partial charge on any atom is -0.459 e. The van der Waals surface area contributed by atoms with E-state index in [9.17, 15) is 14.4 Å². The standard InChI is InChI=1S/C24H44BN3O6/c1-15(29)27-24(17-13-18(26)14-17,20(31)28-21(3,4)5)19(32-16(2)30)11-10-12-25-33-22(6,7)23(8,9)34-25/h17-19H,10-14,26H2,1-9H3,(H,27,29)(H,28,31). The Balaban J connectivity index is 2.32. The quantitative estimate of drug-likeness (QED) is 0.341. The molecule has 1 aliphatic heterocycles. The highest BCUT2D eigenvalue weighted by atomic mass is 16.7. The number of amides is 2. The maximum Gasteiger partial charge on any atom is 0.457 e. The molecule has 2 rings (SSSR count). The highest BCUT2D eigenvalue weighted by Crippen LogP contribution is 2.42. The molecule has 34 heavy (non-hydrogen) atoms. The smallest absolute Gasteiger partial charge is 0.457 e. The molecule has 1 heterocycles. The van der Waals surface area contributed by atoms with E-state index in [2.05, 4.69) is 10.6 Å². The molecule has 0 aromatic heterocycles. The number of hydrogen-bond donors (Lipinski definition) is 3. The summed E-state index contributed by atoms with van der Waals surface area (Å²) in [4.78, 5) is 38.3. The van der Waals surface area contributed by atoms with E-state index in [1.54, 1.807) is 0 Å². The van der Waals surface area contributed by atoms with Gasteiger partial charge in [-0.15, -0.1) is 0 Å². The summed E-state index contributed by atoms with van der Waals surface area (Å²) in [5.74, 6) is -1.50. The van der Waals surface area contributed by atoms with Gasteiger partial charge in [-0.1, -0.05) is 6.42 Å². The number of carbonyl (C=O) groups excluding carboxylic acids is 3. The molecule has 9 nitrogen and oxygen atoms in total. The number of rotatable bonds is 9. The van der Waals surface area contributed by atoms with E-state index >= 15 is 0 Å². The summed E-state index contributed by atoms with van der Waals surface area (Å²) in [5.41, 5.74) is 3.22. The molecule has 2 amide bonds. The average molecular weight is 481 g/mol. The van der Waals surface area contributed by atoms with Gasteiger partial charge in [0.2, 0.25) is 11.8 Å². The van der Waals surface area contributed by atoms with Crippen LogP contribution in [0.1, 0.15) is 88.0 Å². The first-order valence-electron chi connectivity index (χ1n) is 12.3. The highest BCUT2D eigenvalue weighted by Gasteiger charge is 2.58. The van der Waals surface area contributed by atoms with Gasteiger partial charge in [-0.25, -0.2) is 0 Å². The lowest BCUT2D eigenvalue weighted by molar-refractivity contribution is -0.163. The molecule has 1 saturated carbocycles. The normalized spacial score (nSPS) is 26.1. The molecule has 1 aliphatic carbocycles. The third kappa shape index (κ3) is 6.52.